The lowest BCUT2D eigenvalue weighted by Crippen LogP contribution is -2.55. The number of allylic oxidation sites excluding steroid dienone is 2. The summed E-state index contributed by atoms with van der Waals surface area (Å²) in [5, 5.41) is 3.51. The minimum Gasteiger partial charge on any atom is -0.0717 e. The Bertz CT molecular complexity index is 699. The van der Waals surface area contributed by atoms with Gasteiger partial charge in [-0.2, -0.15) is 0 Å². The average Bonchev–Trinajstić information content (AvgIpc) is 2.56. The van der Waals surface area contributed by atoms with Crippen LogP contribution in [0.5, 0.6) is 0 Å². The number of fused-ring (bicyclic) bond motifs is 2. The second kappa shape index (κ2) is 4.99. The molecule has 21 heavy (non-hydrogen) atoms. The Balaban J connectivity index is 1.96. The molecule has 0 aliphatic carbocycles. The number of hydrogen-bond acceptors (Lipinski definition) is 0. The zero-order valence-electron chi connectivity index (χ0n) is 12.7. The van der Waals surface area contributed by atoms with Gasteiger partial charge >= 0.3 is 0 Å². The zero-order chi connectivity index (χ0) is 14.3. The van der Waals surface area contributed by atoms with E-state index in [-0.39, 0.29) is 0 Å². The van der Waals surface area contributed by atoms with Gasteiger partial charge in [0.2, 0.25) is 0 Å². The summed E-state index contributed by atoms with van der Waals surface area (Å²) in [5.74, 6) is 0. The molecule has 0 N–H and O–H groups in total. The van der Waals surface area contributed by atoms with Gasteiger partial charge in [-0.1, -0.05) is 77.8 Å². The SMILES string of the molecule is CC1=C2CCCC[Si]2(c2ccccc2)Cc2ccccc21. The molecule has 2 aliphatic rings. The number of rotatable bonds is 1. The Labute approximate surface area is 128 Å². The first-order valence-electron chi connectivity index (χ1n) is 8.15. The predicted molar refractivity (Wildman–Crippen MR) is 93.2 cm³/mol. The van der Waals surface area contributed by atoms with Gasteiger partial charge in [0.05, 0.1) is 0 Å². The van der Waals surface area contributed by atoms with Crippen LogP contribution in [0.15, 0.2) is 59.8 Å². The maximum atomic E-state index is 2.40. The largest absolute Gasteiger partial charge is 0.118 e. The van der Waals surface area contributed by atoms with Crippen LogP contribution in [0.3, 0.4) is 0 Å². The van der Waals surface area contributed by atoms with Crippen LogP contribution in [0.25, 0.3) is 5.57 Å². The molecule has 0 saturated carbocycles. The molecule has 1 heteroatoms. The standard InChI is InChI=1S/C20H22Si/c1-16-19-12-6-5-9-17(19)15-21(14-8-7-13-20(16)21)18-10-3-2-4-11-18/h2-6,9-12H,7-8,13-15H2,1H3. The summed E-state index contributed by atoms with van der Waals surface area (Å²) in [7, 11) is -1.51. The second-order valence-corrected chi connectivity index (χ2v) is 10.8. The molecule has 1 saturated heterocycles. The second-order valence-electron chi connectivity index (χ2n) is 6.59. The first-order valence-corrected chi connectivity index (χ1v) is 10.6. The molecule has 0 bridgehead atoms. The fourth-order valence-electron chi connectivity index (χ4n) is 4.57. The van der Waals surface area contributed by atoms with Crippen LogP contribution in [0.4, 0.5) is 0 Å². The highest BCUT2D eigenvalue weighted by Crippen LogP contribution is 2.43. The molecule has 0 amide bonds. The van der Waals surface area contributed by atoms with Gasteiger partial charge in [0, 0.05) is 0 Å². The highest BCUT2D eigenvalue weighted by atomic mass is 28.3. The van der Waals surface area contributed by atoms with E-state index >= 15 is 0 Å². The minimum atomic E-state index is -1.51. The molecule has 1 atom stereocenters. The highest BCUT2D eigenvalue weighted by molar-refractivity contribution is 6.98. The summed E-state index contributed by atoms with van der Waals surface area (Å²) in [6, 6.07) is 23.3. The van der Waals surface area contributed by atoms with Crippen molar-refractivity contribution >= 4 is 18.8 Å². The van der Waals surface area contributed by atoms with Gasteiger partial charge in [0.15, 0.2) is 0 Å². The third kappa shape index (κ3) is 1.95. The lowest BCUT2D eigenvalue weighted by Gasteiger charge is -2.43. The molecule has 0 aromatic heterocycles. The molecule has 2 heterocycles. The van der Waals surface area contributed by atoms with Gasteiger partial charge < -0.3 is 0 Å². The summed E-state index contributed by atoms with van der Waals surface area (Å²) in [6.07, 6.45) is 4.14. The fraction of sp³-hybridized carbons (Fsp3) is 0.300. The van der Waals surface area contributed by atoms with Crippen LogP contribution < -0.4 is 5.19 Å². The van der Waals surface area contributed by atoms with E-state index in [1.54, 1.807) is 16.3 Å². The van der Waals surface area contributed by atoms with Crippen molar-refractivity contribution in [3.05, 3.63) is 70.9 Å². The van der Waals surface area contributed by atoms with Crippen molar-refractivity contribution in [2.45, 2.75) is 38.3 Å². The van der Waals surface area contributed by atoms with E-state index in [2.05, 4.69) is 61.5 Å². The van der Waals surface area contributed by atoms with Gasteiger partial charge in [-0.05, 0) is 42.1 Å². The highest BCUT2D eigenvalue weighted by Gasteiger charge is 2.44. The van der Waals surface area contributed by atoms with E-state index < -0.39 is 8.07 Å². The molecular formula is C20H22Si. The van der Waals surface area contributed by atoms with Crippen LogP contribution in [0.2, 0.25) is 6.04 Å². The Hall–Kier alpha value is -1.60. The Morgan fingerprint density at radius 3 is 2.48 bits per heavy atom. The lowest BCUT2D eigenvalue weighted by molar-refractivity contribution is 0.756. The molecule has 0 spiro atoms. The number of hydrogen-bond donors (Lipinski definition) is 0. The Morgan fingerprint density at radius 1 is 0.857 bits per heavy atom. The molecule has 1 fully saturated rings. The van der Waals surface area contributed by atoms with Crippen LogP contribution >= 0.6 is 0 Å². The average molecular weight is 290 g/mol. The van der Waals surface area contributed by atoms with Crippen molar-refractivity contribution in [2.75, 3.05) is 0 Å². The van der Waals surface area contributed by atoms with E-state index in [4.69, 9.17) is 0 Å². The van der Waals surface area contributed by atoms with Gasteiger partial charge in [-0.3, -0.25) is 0 Å². The molecule has 106 valence electrons. The van der Waals surface area contributed by atoms with E-state index in [0.717, 1.165) is 0 Å². The predicted octanol–water partition coefficient (Wildman–Crippen LogP) is 4.63. The van der Waals surface area contributed by atoms with E-state index in [9.17, 15) is 0 Å². The zero-order valence-corrected chi connectivity index (χ0v) is 13.7. The van der Waals surface area contributed by atoms with Gasteiger partial charge in [0.1, 0.15) is 8.07 Å². The maximum Gasteiger partial charge on any atom is 0.118 e. The van der Waals surface area contributed by atoms with Crippen LogP contribution in [-0.2, 0) is 6.04 Å². The van der Waals surface area contributed by atoms with Crippen molar-refractivity contribution in [3.8, 4) is 0 Å². The fourth-order valence-corrected chi connectivity index (χ4v) is 10.2. The van der Waals surface area contributed by atoms with Crippen molar-refractivity contribution in [2.24, 2.45) is 0 Å². The first kappa shape index (κ1) is 13.1. The summed E-state index contributed by atoms with van der Waals surface area (Å²) in [4.78, 5) is 0. The van der Waals surface area contributed by atoms with Gasteiger partial charge in [-0.25, -0.2) is 0 Å². The first-order chi connectivity index (χ1) is 10.3. The molecular weight excluding hydrogens is 268 g/mol. The molecule has 2 aromatic rings. The maximum absolute atomic E-state index is 2.40. The van der Waals surface area contributed by atoms with Crippen molar-refractivity contribution in [1.29, 1.82) is 0 Å². The van der Waals surface area contributed by atoms with Crippen molar-refractivity contribution < 1.29 is 0 Å². The monoisotopic (exact) mass is 290 g/mol. The quantitative estimate of drug-likeness (QED) is 0.672. The molecule has 4 rings (SSSR count). The smallest absolute Gasteiger partial charge is 0.0717 e. The molecule has 2 aromatic carbocycles. The van der Waals surface area contributed by atoms with E-state index in [0.29, 0.717) is 0 Å². The molecule has 0 radical (unpaired) electrons. The summed E-state index contributed by atoms with van der Waals surface area (Å²) < 4.78 is 0. The van der Waals surface area contributed by atoms with Crippen molar-refractivity contribution in [3.63, 3.8) is 0 Å². The minimum absolute atomic E-state index is 1.32. The molecule has 2 aliphatic heterocycles. The van der Waals surface area contributed by atoms with Crippen LogP contribution in [0, 0.1) is 0 Å². The lowest BCUT2D eigenvalue weighted by atomic mass is 9.99. The van der Waals surface area contributed by atoms with E-state index in [1.165, 1.54) is 36.9 Å². The summed E-state index contributed by atoms with van der Waals surface area (Å²) in [5.41, 5.74) is 4.72. The normalized spacial score (nSPS) is 24.4. The summed E-state index contributed by atoms with van der Waals surface area (Å²) >= 11 is 0. The van der Waals surface area contributed by atoms with Crippen molar-refractivity contribution in [1.82, 2.24) is 0 Å². The number of benzene rings is 2. The Kier molecular flexibility index (Phi) is 3.11. The molecule has 0 nitrogen and oxygen atoms in total. The third-order valence-corrected chi connectivity index (χ3v) is 11.0. The Morgan fingerprint density at radius 2 is 1.62 bits per heavy atom. The van der Waals surface area contributed by atoms with Gasteiger partial charge in [-0.15, -0.1) is 0 Å². The van der Waals surface area contributed by atoms with Crippen LogP contribution in [0.1, 0.15) is 37.3 Å². The molecule has 1 unspecified atom stereocenters. The third-order valence-electron chi connectivity index (χ3n) is 5.55. The summed E-state index contributed by atoms with van der Waals surface area (Å²) in [6.45, 7) is 2.38. The van der Waals surface area contributed by atoms with Crippen LogP contribution in [-0.4, -0.2) is 8.07 Å². The topological polar surface area (TPSA) is 0 Å². The van der Waals surface area contributed by atoms with E-state index in [1.807, 2.05) is 5.20 Å². The van der Waals surface area contributed by atoms with Gasteiger partial charge in [0.25, 0.3) is 0 Å².